The van der Waals surface area contributed by atoms with E-state index in [1.165, 1.54) is 0 Å². The zero-order chi connectivity index (χ0) is 32.0. The van der Waals surface area contributed by atoms with E-state index in [4.69, 9.17) is 14.7 Å². The van der Waals surface area contributed by atoms with E-state index in [0.717, 1.165) is 59.3 Å². The number of carbonyl (C=O) groups excluding carboxylic acids is 2. The van der Waals surface area contributed by atoms with Crippen molar-refractivity contribution in [2.45, 2.75) is 70.2 Å². The lowest BCUT2D eigenvalue weighted by Gasteiger charge is -2.37. The molecule has 1 heterocycles. The van der Waals surface area contributed by atoms with Gasteiger partial charge in [-0.05, 0) is 53.8 Å². The van der Waals surface area contributed by atoms with Crippen molar-refractivity contribution < 1.29 is 29.4 Å². The van der Waals surface area contributed by atoms with E-state index in [9.17, 15) is 14.7 Å². The van der Waals surface area contributed by atoms with E-state index < -0.39 is 12.2 Å². The van der Waals surface area contributed by atoms with Gasteiger partial charge < -0.3 is 24.8 Å². The number of nitrogens with one attached hydrogen (secondary N) is 2. The summed E-state index contributed by atoms with van der Waals surface area (Å²) in [6.45, 7) is 5.82. The number of rotatable bonds is 16. The van der Waals surface area contributed by atoms with Crippen molar-refractivity contribution >= 4 is 11.8 Å². The number of aliphatic hydroxyl groups excluding tert-OH is 1. The highest BCUT2D eigenvalue weighted by Gasteiger charge is 2.32. The van der Waals surface area contributed by atoms with Crippen LogP contribution in [0.2, 0.25) is 0 Å². The summed E-state index contributed by atoms with van der Waals surface area (Å²) in [5.74, 6) is -0.433. The molecule has 1 aliphatic heterocycles. The quantitative estimate of drug-likeness (QED) is 0.0719. The van der Waals surface area contributed by atoms with Gasteiger partial charge in [0, 0.05) is 44.5 Å². The Morgan fingerprint density at radius 2 is 1.62 bits per heavy atom. The molecule has 4 rings (SSSR count). The third-order valence-electron chi connectivity index (χ3n) is 7.94. The highest BCUT2D eigenvalue weighted by molar-refractivity contribution is 5.76. The predicted octanol–water partition coefficient (Wildman–Crippen LogP) is 5.58. The number of amides is 2. The molecule has 3 aromatic carbocycles. The molecule has 0 bridgehead atoms. The Kier molecular flexibility index (Phi) is 13.3. The average Bonchev–Trinajstić information content (AvgIpc) is 3.07. The Balaban J connectivity index is 1.37. The van der Waals surface area contributed by atoms with Crippen molar-refractivity contribution in [3.8, 4) is 11.1 Å². The van der Waals surface area contributed by atoms with E-state index in [1.807, 2.05) is 60.7 Å². The van der Waals surface area contributed by atoms with Gasteiger partial charge in [0.05, 0.1) is 18.8 Å². The molecule has 0 spiro atoms. The number of aliphatic hydroxyl groups is 1. The number of unbranched alkanes of at least 4 members (excludes halogenated alkanes) is 2. The number of hydrogen-bond donors (Lipinski definition) is 4. The van der Waals surface area contributed by atoms with Gasteiger partial charge in [-0.3, -0.25) is 14.8 Å². The van der Waals surface area contributed by atoms with Crippen LogP contribution in [0.15, 0.2) is 85.5 Å². The fraction of sp³-hybridized carbons (Fsp3) is 0.389. The minimum absolute atomic E-state index is 0.00687. The van der Waals surface area contributed by atoms with Gasteiger partial charge in [-0.1, -0.05) is 79.2 Å². The smallest absolute Gasteiger partial charge is 0.243 e. The fourth-order valence-electron chi connectivity index (χ4n) is 5.46. The molecule has 3 atom stereocenters. The van der Waals surface area contributed by atoms with E-state index in [0.29, 0.717) is 25.8 Å². The van der Waals surface area contributed by atoms with Crippen LogP contribution >= 0.6 is 0 Å². The molecule has 2 amide bonds. The molecule has 0 saturated carbocycles. The van der Waals surface area contributed by atoms with Crippen molar-refractivity contribution in [3.05, 3.63) is 108 Å². The Morgan fingerprint density at radius 1 is 0.911 bits per heavy atom. The Labute approximate surface area is 265 Å². The summed E-state index contributed by atoms with van der Waals surface area (Å²) in [6, 6.07) is 24.2. The first-order valence-corrected chi connectivity index (χ1v) is 15.6. The largest absolute Gasteiger partial charge is 0.392 e. The molecule has 3 aromatic rings. The zero-order valence-electron chi connectivity index (χ0n) is 26.0. The molecule has 3 unspecified atom stereocenters. The second-order valence-corrected chi connectivity index (χ2v) is 11.6. The summed E-state index contributed by atoms with van der Waals surface area (Å²) in [5, 5.41) is 21.0. The maximum atomic E-state index is 12.3. The predicted molar refractivity (Wildman–Crippen MR) is 173 cm³/mol. The normalized spacial score (nSPS) is 18.0. The highest BCUT2D eigenvalue weighted by atomic mass is 16.7. The van der Waals surface area contributed by atoms with Crippen LogP contribution in [0.1, 0.15) is 73.2 Å². The van der Waals surface area contributed by atoms with Crippen molar-refractivity contribution in [1.82, 2.24) is 15.7 Å². The summed E-state index contributed by atoms with van der Waals surface area (Å²) in [7, 11) is 2.06. The van der Waals surface area contributed by atoms with Crippen LogP contribution in [0.25, 0.3) is 11.1 Å². The second kappa shape index (κ2) is 17.6. The molecule has 9 heteroatoms. The monoisotopic (exact) mass is 615 g/mol. The minimum Gasteiger partial charge on any atom is -0.392 e. The van der Waals surface area contributed by atoms with Crippen molar-refractivity contribution in [2.24, 2.45) is 0 Å². The fourth-order valence-corrected chi connectivity index (χ4v) is 5.46. The van der Waals surface area contributed by atoms with Gasteiger partial charge in [-0.25, -0.2) is 5.48 Å². The number of likely N-dealkylation sites (N-methyl/N-ethyl adjacent to an activating group) is 1. The van der Waals surface area contributed by atoms with Crippen LogP contribution < -0.4 is 10.8 Å². The van der Waals surface area contributed by atoms with Crippen molar-refractivity contribution in [2.75, 3.05) is 20.1 Å². The number of nitrogens with zero attached hydrogens (tertiary/aromatic N) is 1. The van der Waals surface area contributed by atoms with E-state index in [1.54, 1.807) is 5.48 Å². The topological polar surface area (TPSA) is 120 Å². The van der Waals surface area contributed by atoms with Crippen molar-refractivity contribution in [1.29, 1.82) is 0 Å². The lowest BCUT2D eigenvalue weighted by molar-refractivity contribution is -0.252. The van der Waals surface area contributed by atoms with Crippen LogP contribution in [0.3, 0.4) is 0 Å². The average molecular weight is 616 g/mol. The van der Waals surface area contributed by atoms with Gasteiger partial charge in [0.2, 0.25) is 11.8 Å². The molecule has 0 aliphatic carbocycles. The van der Waals surface area contributed by atoms with Crippen LogP contribution in [-0.4, -0.2) is 53.3 Å². The van der Waals surface area contributed by atoms with Crippen LogP contribution in [0.4, 0.5) is 0 Å². The van der Waals surface area contributed by atoms with Crippen molar-refractivity contribution in [3.63, 3.8) is 0 Å². The molecule has 0 radical (unpaired) electrons. The summed E-state index contributed by atoms with van der Waals surface area (Å²) in [4.78, 5) is 25.6. The summed E-state index contributed by atoms with van der Waals surface area (Å²) >= 11 is 0. The first-order chi connectivity index (χ1) is 21.9. The van der Waals surface area contributed by atoms with E-state index >= 15 is 0 Å². The summed E-state index contributed by atoms with van der Waals surface area (Å²) in [6.07, 6.45) is 4.63. The molecular formula is C36H45N3O6. The first-order valence-electron chi connectivity index (χ1n) is 15.6. The van der Waals surface area contributed by atoms with Gasteiger partial charge in [-0.15, -0.1) is 6.58 Å². The number of carbonyl (C=O) groups is 2. The Hall–Kier alpha value is -3.86. The maximum Gasteiger partial charge on any atom is 0.243 e. The number of ether oxygens (including phenoxy) is 2. The highest BCUT2D eigenvalue weighted by Crippen LogP contribution is 2.38. The first kappa shape index (κ1) is 34.0. The molecule has 0 aromatic heterocycles. The maximum absolute atomic E-state index is 12.3. The molecule has 1 aliphatic rings. The summed E-state index contributed by atoms with van der Waals surface area (Å²) < 4.78 is 12.9. The Bertz CT molecular complexity index is 1380. The van der Waals surface area contributed by atoms with Gasteiger partial charge >= 0.3 is 0 Å². The van der Waals surface area contributed by atoms with Crippen LogP contribution in [0.5, 0.6) is 0 Å². The second-order valence-electron chi connectivity index (χ2n) is 11.6. The standard InChI is InChI=1S/C36H45N3O6/c1-3-20-39(2)24-32-22-33(29-14-12-26(25-40)13-15-29)45-36(44-32)30-18-16-28(17-19-30)31-9-7-8-27(21-31)23-37-34(41)10-5-4-6-11-35(42)38-43/h3,7-9,12-19,21,32-33,36,40,43H,1,4-6,10-11,20,22-25H2,2H3,(H,37,41)(H,38,42). The number of benzene rings is 3. The lowest BCUT2D eigenvalue weighted by Crippen LogP contribution is -2.37. The molecule has 9 nitrogen and oxygen atoms in total. The van der Waals surface area contributed by atoms with E-state index in [-0.39, 0.29) is 31.1 Å². The zero-order valence-corrected chi connectivity index (χ0v) is 26.0. The SMILES string of the molecule is C=CCN(C)CC1CC(c2ccc(CO)cc2)OC(c2ccc(-c3cccc(CNC(=O)CCCCCC(=O)NO)c3)cc2)O1. The molecule has 240 valence electrons. The van der Waals surface area contributed by atoms with Gasteiger partial charge in [-0.2, -0.15) is 0 Å². The molecule has 4 N–H and O–H groups in total. The van der Waals surface area contributed by atoms with Crippen LogP contribution in [-0.2, 0) is 32.2 Å². The van der Waals surface area contributed by atoms with Gasteiger partial charge in [0.15, 0.2) is 6.29 Å². The van der Waals surface area contributed by atoms with Gasteiger partial charge in [0.25, 0.3) is 0 Å². The number of hydrogen-bond acceptors (Lipinski definition) is 7. The van der Waals surface area contributed by atoms with E-state index in [2.05, 4.69) is 42.0 Å². The molecule has 1 fully saturated rings. The Morgan fingerprint density at radius 3 is 2.31 bits per heavy atom. The van der Waals surface area contributed by atoms with Gasteiger partial charge in [0.1, 0.15) is 0 Å². The lowest BCUT2D eigenvalue weighted by atomic mass is 9.99. The minimum atomic E-state index is -0.522. The molecule has 1 saturated heterocycles. The van der Waals surface area contributed by atoms with Crippen LogP contribution in [0, 0.1) is 0 Å². The molecular weight excluding hydrogens is 570 g/mol. The third-order valence-corrected chi connectivity index (χ3v) is 7.94. The third kappa shape index (κ3) is 10.6. The molecule has 45 heavy (non-hydrogen) atoms. The summed E-state index contributed by atoms with van der Waals surface area (Å²) in [5.41, 5.74) is 7.58. The number of hydroxylamine groups is 1.